The van der Waals surface area contributed by atoms with E-state index in [9.17, 15) is 9.90 Å². The fourth-order valence-electron chi connectivity index (χ4n) is 6.88. The van der Waals surface area contributed by atoms with Crippen LogP contribution in [-0.2, 0) is 28.9 Å². The van der Waals surface area contributed by atoms with Crippen molar-refractivity contribution >= 4 is 35.0 Å². The van der Waals surface area contributed by atoms with Crippen LogP contribution in [0.15, 0.2) is 42.5 Å². The summed E-state index contributed by atoms with van der Waals surface area (Å²) in [6.45, 7) is 6.84. The molecule has 44 heavy (non-hydrogen) atoms. The number of ether oxygens (including phenoxy) is 1. The molecule has 0 bridgehead atoms. The third kappa shape index (κ3) is 7.11. The number of hydrogen-bond acceptors (Lipinski definition) is 8. The van der Waals surface area contributed by atoms with Gasteiger partial charge in [0.15, 0.2) is 0 Å². The summed E-state index contributed by atoms with van der Waals surface area (Å²) in [5.74, 6) is 0.976. The van der Waals surface area contributed by atoms with Gasteiger partial charge in [-0.3, -0.25) is 9.69 Å². The number of nitrogens with zero attached hydrogens (tertiary/aromatic N) is 5. The molecule has 9 nitrogen and oxygen atoms in total. The third-order valence-electron chi connectivity index (χ3n) is 9.54. The van der Waals surface area contributed by atoms with E-state index in [0.717, 1.165) is 106 Å². The van der Waals surface area contributed by atoms with E-state index in [1.165, 1.54) is 22.4 Å². The van der Waals surface area contributed by atoms with Crippen molar-refractivity contribution in [2.24, 2.45) is 11.8 Å². The van der Waals surface area contributed by atoms with Crippen LogP contribution in [0.2, 0.25) is 5.02 Å². The van der Waals surface area contributed by atoms with Gasteiger partial charge in [0, 0.05) is 74.8 Å². The molecule has 2 fully saturated rings. The number of anilines is 3. The molecule has 0 spiro atoms. The highest BCUT2D eigenvalue weighted by molar-refractivity contribution is 6.30. The van der Waals surface area contributed by atoms with Gasteiger partial charge < -0.3 is 25.4 Å². The first-order valence-corrected chi connectivity index (χ1v) is 16.2. The summed E-state index contributed by atoms with van der Waals surface area (Å²) in [5, 5.41) is 9.95. The number of aliphatic carboxylic acids is 1. The van der Waals surface area contributed by atoms with E-state index in [-0.39, 0.29) is 5.92 Å². The number of rotatable bonds is 10. The lowest BCUT2D eigenvalue weighted by atomic mass is 9.82. The van der Waals surface area contributed by atoms with Crippen molar-refractivity contribution in [3.05, 3.63) is 64.2 Å². The Bertz CT molecular complexity index is 1450. The zero-order valence-electron chi connectivity index (χ0n) is 25.6. The quantitative estimate of drug-likeness (QED) is 0.299. The number of piperazine rings is 1. The number of benzene rings is 2. The molecule has 0 unspecified atom stereocenters. The minimum atomic E-state index is -0.651. The van der Waals surface area contributed by atoms with Crippen molar-refractivity contribution in [1.82, 2.24) is 14.9 Å². The van der Waals surface area contributed by atoms with Gasteiger partial charge in [-0.05, 0) is 79.8 Å². The second-order valence-corrected chi connectivity index (χ2v) is 13.0. The third-order valence-corrected chi connectivity index (χ3v) is 9.79. The molecule has 3 N–H and O–H groups in total. The number of aromatic nitrogens is 2. The Morgan fingerprint density at radius 3 is 2.52 bits per heavy atom. The van der Waals surface area contributed by atoms with Gasteiger partial charge in [0.2, 0.25) is 5.95 Å². The van der Waals surface area contributed by atoms with Crippen molar-refractivity contribution in [3.8, 4) is 11.3 Å². The molecule has 1 saturated heterocycles. The molecule has 3 aromatic rings. The van der Waals surface area contributed by atoms with Crippen LogP contribution in [0.25, 0.3) is 11.3 Å². The summed E-state index contributed by atoms with van der Waals surface area (Å²) in [5.41, 5.74) is 13.3. The maximum absolute atomic E-state index is 11.2. The summed E-state index contributed by atoms with van der Waals surface area (Å²) < 4.78 is 6.02. The van der Waals surface area contributed by atoms with Crippen molar-refractivity contribution in [3.63, 3.8) is 0 Å². The number of nitrogen functional groups attached to an aromatic ring is 1. The van der Waals surface area contributed by atoms with E-state index in [2.05, 4.69) is 52.1 Å². The summed E-state index contributed by atoms with van der Waals surface area (Å²) >= 11 is 6.06. The van der Waals surface area contributed by atoms with Gasteiger partial charge in [-0.15, -0.1) is 0 Å². The minimum Gasteiger partial charge on any atom is -0.481 e. The SMILES string of the molecule is CN(Cc1ccc(Cl)cc1)c1ccc2c(c1)CCc1c-2nc(N)nc1N1CCN(CCOCC2CCC(C(=O)O)CC2)CC1. The molecule has 6 rings (SSSR count). The van der Waals surface area contributed by atoms with Crippen LogP contribution in [-0.4, -0.2) is 78.9 Å². The van der Waals surface area contributed by atoms with E-state index in [0.29, 0.717) is 18.5 Å². The Hall–Kier alpha value is -3.40. The lowest BCUT2D eigenvalue weighted by Crippen LogP contribution is -2.48. The number of carbonyl (C=O) groups is 1. The number of carboxylic acids is 1. The standard InChI is InChI=1S/C34H43ClN6O3/c1-39(21-23-4-9-27(35)10-5-23)28-11-13-29-26(20-28)8-12-30-31(29)37-34(36)38-32(30)41-16-14-40(15-17-41)18-19-44-22-24-2-6-25(7-3-24)33(42)43/h4-5,9-11,13,20,24-25H,2-3,6-8,12,14-19,21-22H2,1H3,(H,42,43)(H2,36,37,38). The van der Waals surface area contributed by atoms with E-state index in [1.807, 2.05) is 12.1 Å². The predicted molar refractivity (Wildman–Crippen MR) is 175 cm³/mol. The molecule has 2 aromatic carbocycles. The van der Waals surface area contributed by atoms with E-state index in [4.69, 9.17) is 32.0 Å². The van der Waals surface area contributed by atoms with Gasteiger partial charge in [-0.2, -0.15) is 4.98 Å². The normalized spacial score (nSPS) is 20.2. The van der Waals surface area contributed by atoms with Gasteiger partial charge in [0.1, 0.15) is 5.82 Å². The smallest absolute Gasteiger partial charge is 0.306 e. The van der Waals surface area contributed by atoms with Crippen LogP contribution in [0.4, 0.5) is 17.5 Å². The Morgan fingerprint density at radius 1 is 1.05 bits per heavy atom. The summed E-state index contributed by atoms with van der Waals surface area (Å²) in [7, 11) is 2.12. The molecule has 0 atom stereocenters. The largest absolute Gasteiger partial charge is 0.481 e. The maximum Gasteiger partial charge on any atom is 0.306 e. The number of halogens is 1. The number of aryl methyl sites for hydroxylation is 1. The van der Waals surface area contributed by atoms with Crippen LogP contribution in [0.5, 0.6) is 0 Å². The molecular formula is C34H43ClN6O3. The zero-order chi connectivity index (χ0) is 30.6. The monoisotopic (exact) mass is 618 g/mol. The lowest BCUT2D eigenvalue weighted by Gasteiger charge is -2.37. The van der Waals surface area contributed by atoms with Crippen LogP contribution in [0.1, 0.15) is 42.4 Å². The predicted octanol–water partition coefficient (Wildman–Crippen LogP) is 5.14. The lowest BCUT2D eigenvalue weighted by molar-refractivity contribution is -0.143. The molecule has 0 radical (unpaired) electrons. The molecule has 1 saturated carbocycles. The molecule has 3 aliphatic rings. The summed E-state index contributed by atoms with van der Waals surface area (Å²) in [6, 6.07) is 14.7. The van der Waals surface area contributed by atoms with Crippen molar-refractivity contribution < 1.29 is 14.6 Å². The fourth-order valence-corrected chi connectivity index (χ4v) is 7.00. The molecule has 234 valence electrons. The molecule has 2 heterocycles. The van der Waals surface area contributed by atoms with Gasteiger partial charge in [0.05, 0.1) is 18.2 Å². The zero-order valence-corrected chi connectivity index (χ0v) is 26.3. The highest BCUT2D eigenvalue weighted by atomic mass is 35.5. The minimum absolute atomic E-state index is 0.167. The highest BCUT2D eigenvalue weighted by Gasteiger charge is 2.28. The van der Waals surface area contributed by atoms with Crippen LogP contribution in [0.3, 0.4) is 0 Å². The average molecular weight is 619 g/mol. The highest BCUT2D eigenvalue weighted by Crippen LogP contribution is 2.39. The molecule has 1 aliphatic heterocycles. The Kier molecular flexibility index (Phi) is 9.54. The Morgan fingerprint density at radius 2 is 1.80 bits per heavy atom. The number of fused-ring (bicyclic) bond motifs is 3. The first kappa shape index (κ1) is 30.6. The van der Waals surface area contributed by atoms with Gasteiger partial charge in [0.25, 0.3) is 0 Å². The van der Waals surface area contributed by atoms with Crippen molar-refractivity contribution in [2.75, 3.05) is 68.5 Å². The Labute approximate surface area is 265 Å². The first-order chi connectivity index (χ1) is 21.3. The molecule has 0 amide bonds. The Balaban J connectivity index is 1.03. The van der Waals surface area contributed by atoms with Crippen LogP contribution < -0.4 is 15.5 Å². The number of nitrogens with two attached hydrogens (primary N) is 1. The van der Waals surface area contributed by atoms with Gasteiger partial charge >= 0.3 is 5.97 Å². The topological polar surface area (TPSA) is 108 Å². The van der Waals surface area contributed by atoms with E-state index >= 15 is 0 Å². The second kappa shape index (κ2) is 13.7. The van der Waals surface area contributed by atoms with Crippen LogP contribution >= 0.6 is 11.6 Å². The van der Waals surface area contributed by atoms with Crippen molar-refractivity contribution in [2.45, 2.75) is 45.1 Å². The molecular weight excluding hydrogens is 576 g/mol. The summed E-state index contributed by atoms with van der Waals surface area (Å²) in [4.78, 5) is 27.7. The van der Waals surface area contributed by atoms with Gasteiger partial charge in [-0.1, -0.05) is 29.8 Å². The molecule has 10 heteroatoms. The molecule has 1 aromatic heterocycles. The average Bonchev–Trinajstić information content (AvgIpc) is 3.04. The number of hydrogen-bond donors (Lipinski definition) is 2. The second-order valence-electron chi connectivity index (χ2n) is 12.5. The van der Waals surface area contributed by atoms with E-state index in [1.54, 1.807) is 0 Å². The fraction of sp³-hybridized carbons (Fsp3) is 0.500. The maximum atomic E-state index is 11.2. The summed E-state index contributed by atoms with van der Waals surface area (Å²) in [6.07, 6.45) is 5.30. The van der Waals surface area contributed by atoms with Crippen molar-refractivity contribution in [1.29, 1.82) is 0 Å². The first-order valence-electron chi connectivity index (χ1n) is 15.9. The van der Waals surface area contributed by atoms with Gasteiger partial charge in [-0.25, -0.2) is 4.98 Å². The number of carboxylic acid groups (broad SMARTS) is 1. The van der Waals surface area contributed by atoms with E-state index < -0.39 is 5.97 Å². The van der Waals surface area contributed by atoms with Crippen LogP contribution in [0, 0.1) is 11.8 Å². The molecule has 2 aliphatic carbocycles.